The van der Waals surface area contributed by atoms with Crippen molar-refractivity contribution in [3.05, 3.63) is 83.7 Å². The lowest BCUT2D eigenvalue weighted by Crippen LogP contribution is -2.35. The van der Waals surface area contributed by atoms with Gasteiger partial charge in [-0.1, -0.05) is 91.1 Å². The predicted molar refractivity (Wildman–Crippen MR) is 164 cm³/mol. The molecule has 7 heteroatoms. The van der Waals surface area contributed by atoms with Crippen LogP contribution in [0.4, 0.5) is 5.82 Å². The average Bonchev–Trinajstić information content (AvgIpc) is 3.26. The summed E-state index contributed by atoms with van der Waals surface area (Å²) in [5, 5.41) is 7.68. The summed E-state index contributed by atoms with van der Waals surface area (Å²) in [6.07, 6.45) is 5.29. The SMILES string of the molecule is CCCCCC(=O)N1CCCN(c2nc(Cc3ccc(C)cc3)nc3onc(-c4ccc5ccccc5c4)c23)CC1. The molecular weight excluding hydrogens is 510 g/mol. The van der Waals surface area contributed by atoms with Crippen molar-refractivity contribution in [1.29, 1.82) is 0 Å². The van der Waals surface area contributed by atoms with E-state index in [9.17, 15) is 4.79 Å². The quantitative estimate of drug-likeness (QED) is 0.196. The first-order valence-electron chi connectivity index (χ1n) is 14.8. The van der Waals surface area contributed by atoms with Gasteiger partial charge in [0.15, 0.2) is 0 Å². The van der Waals surface area contributed by atoms with Gasteiger partial charge >= 0.3 is 0 Å². The predicted octanol–water partition coefficient (Wildman–Crippen LogP) is 6.96. The summed E-state index contributed by atoms with van der Waals surface area (Å²) < 4.78 is 5.90. The van der Waals surface area contributed by atoms with Crippen LogP contribution in [0.1, 0.15) is 56.0 Å². The van der Waals surface area contributed by atoms with E-state index in [0.29, 0.717) is 37.5 Å². The summed E-state index contributed by atoms with van der Waals surface area (Å²) in [5.41, 5.74) is 4.59. The summed E-state index contributed by atoms with van der Waals surface area (Å²) in [6.45, 7) is 7.22. The number of unbranched alkanes of at least 4 members (excludes halogenated alkanes) is 2. The molecule has 0 bridgehead atoms. The fourth-order valence-electron chi connectivity index (χ4n) is 5.67. The molecule has 2 aromatic heterocycles. The van der Waals surface area contributed by atoms with E-state index in [1.807, 2.05) is 17.0 Å². The smallest absolute Gasteiger partial charge is 0.263 e. The van der Waals surface area contributed by atoms with Crippen LogP contribution in [0.25, 0.3) is 33.1 Å². The van der Waals surface area contributed by atoms with Gasteiger partial charge in [0.1, 0.15) is 22.7 Å². The highest BCUT2D eigenvalue weighted by molar-refractivity contribution is 6.00. The molecule has 3 aromatic carbocycles. The van der Waals surface area contributed by atoms with Gasteiger partial charge in [-0.15, -0.1) is 0 Å². The topological polar surface area (TPSA) is 75.4 Å². The van der Waals surface area contributed by atoms with E-state index in [1.165, 1.54) is 10.9 Å². The Balaban J connectivity index is 1.37. The van der Waals surface area contributed by atoms with Crippen LogP contribution in [-0.4, -0.2) is 52.1 Å². The number of aryl methyl sites for hydroxylation is 1. The molecule has 1 fully saturated rings. The van der Waals surface area contributed by atoms with Gasteiger partial charge in [0, 0.05) is 44.6 Å². The largest absolute Gasteiger partial charge is 0.354 e. The molecule has 210 valence electrons. The van der Waals surface area contributed by atoms with Crippen molar-refractivity contribution in [2.45, 2.75) is 52.4 Å². The number of amides is 1. The molecule has 1 aliphatic rings. The van der Waals surface area contributed by atoms with E-state index >= 15 is 0 Å². The fourth-order valence-corrected chi connectivity index (χ4v) is 5.67. The van der Waals surface area contributed by atoms with Gasteiger partial charge in [-0.25, -0.2) is 4.98 Å². The molecule has 1 aliphatic heterocycles. The highest BCUT2D eigenvalue weighted by Crippen LogP contribution is 2.35. The number of fused-ring (bicyclic) bond motifs is 2. The first-order valence-corrected chi connectivity index (χ1v) is 14.8. The molecule has 0 N–H and O–H groups in total. The molecule has 0 radical (unpaired) electrons. The second-order valence-corrected chi connectivity index (χ2v) is 11.1. The number of rotatable bonds is 8. The van der Waals surface area contributed by atoms with Gasteiger partial charge < -0.3 is 14.3 Å². The van der Waals surface area contributed by atoms with Crippen molar-refractivity contribution >= 4 is 33.6 Å². The maximum Gasteiger partial charge on any atom is 0.263 e. The van der Waals surface area contributed by atoms with E-state index < -0.39 is 0 Å². The summed E-state index contributed by atoms with van der Waals surface area (Å²) in [6, 6.07) is 23.1. The Bertz CT molecular complexity index is 1660. The lowest BCUT2D eigenvalue weighted by atomic mass is 10.0. The van der Waals surface area contributed by atoms with Crippen molar-refractivity contribution < 1.29 is 9.32 Å². The van der Waals surface area contributed by atoms with Crippen LogP contribution in [0.2, 0.25) is 0 Å². The van der Waals surface area contributed by atoms with Crippen molar-refractivity contribution in [3.63, 3.8) is 0 Å². The minimum absolute atomic E-state index is 0.259. The number of aromatic nitrogens is 3. The molecule has 6 rings (SSSR count). The summed E-state index contributed by atoms with van der Waals surface area (Å²) >= 11 is 0. The molecule has 0 unspecified atom stereocenters. The normalized spacial score (nSPS) is 14.1. The van der Waals surface area contributed by atoms with E-state index in [-0.39, 0.29) is 5.91 Å². The Kier molecular flexibility index (Phi) is 7.94. The van der Waals surface area contributed by atoms with Gasteiger partial charge in [0.05, 0.1) is 0 Å². The summed E-state index contributed by atoms with van der Waals surface area (Å²) in [7, 11) is 0. The number of carbonyl (C=O) groups is 1. The number of anilines is 1. The van der Waals surface area contributed by atoms with Crippen molar-refractivity contribution in [2.75, 3.05) is 31.1 Å². The molecule has 0 spiro atoms. The van der Waals surface area contributed by atoms with Crippen LogP contribution in [-0.2, 0) is 11.2 Å². The van der Waals surface area contributed by atoms with E-state index in [2.05, 4.69) is 78.5 Å². The van der Waals surface area contributed by atoms with Crippen molar-refractivity contribution in [2.24, 2.45) is 0 Å². The maximum atomic E-state index is 12.9. The monoisotopic (exact) mass is 547 g/mol. The Hall–Kier alpha value is -4.26. The van der Waals surface area contributed by atoms with E-state index in [0.717, 1.165) is 72.2 Å². The Morgan fingerprint density at radius 1 is 0.902 bits per heavy atom. The molecule has 3 heterocycles. The third-order valence-corrected chi connectivity index (χ3v) is 8.01. The molecule has 0 atom stereocenters. The second-order valence-electron chi connectivity index (χ2n) is 11.1. The minimum atomic E-state index is 0.259. The Morgan fingerprint density at radius 3 is 2.56 bits per heavy atom. The molecule has 5 aromatic rings. The lowest BCUT2D eigenvalue weighted by molar-refractivity contribution is -0.131. The van der Waals surface area contributed by atoms with Gasteiger partial charge in [0.2, 0.25) is 5.91 Å². The summed E-state index contributed by atoms with van der Waals surface area (Å²) in [5.74, 6) is 1.80. The fraction of sp³-hybridized carbons (Fsp3) is 0.353. The average molecular weight is 548 g/mol. The molecule has 0 aliphatic carbocycles. The van der Waals surface area contributed by atoms with Crippen LogP contribution < -0.4 is 4.90 Å². The number of carbonyl (C=O) groups excluding carboxylic acids is 1. The molecule has 1 amide bonds. The minimum Gasteiger partial charge on any atom is -0.354 e. The lowest BCUT2D eigenvalue weighted by Gasteiger charge is -2.24. The molecule has 1 saturated heterocycles. The zero-order chi connectivity index (χ0) is 28.2. The third-order valence-electron chi connectivity index (χ3n) is 8.01. The van der Waals surface area contributed by atoms with Crippen molar-refractivity contribution in [1.82, 2.24) is 20.0 Å². The zero-order valence-corrected chi connectivity index (χ0v) is 24.0. The van der Waals surface area contributed by atoms with Crippen LogP contribution in [0.3, 0.4) is 0 Å². The van der Waals surface area contributed by atoms with Crippen LogP contribution >= 0.6 is 0 Å². The molecule has 41 heavy (non-hydrogen) atoms. The third kappa shape index (κ3) is 5.94. The van der Waals surface area contributed by atoms with Gasteiger partial charge in [-0.05, 0) is 42.2 Å². The zero-order valence-electron chi connectivity index (χ0n) is 24.0. The van der Waals surface area contributed by atoms with Crippen LogP contribution in [0.15, 0.2) is 71.3 Å². The van der Waals surface area contributed by atoms with Gasteiger partial charge in [0.25, 0.3) is 5.71 Å². The summed E-state index contributed by atoms with van der Waals surface area (Å²) in [4.78, 5) is 27.2. The van der Waals surface area contributed by atoms with Crippen LogP contribution in [0.5, 0.6) is 0 Å². The first-order chi connectivity index (χ1) is 20.1. The standard InChI is InChI=1S/C34H37N5O2/c1-3-4-5-11-30(40)38-18-8-19-39(21-20-38)33-31-32(28-17-16-26-9-6-7-10-27(26)23-28)37-41-34(31)36-29(35-33)22-25-14-12-24(2)13-15-25/h6-7,9-10,12-17,23H,3-5,8,11,18-22H2,1-2H3. The van der Waals surface area contributed by atoms with Gasteiger partial charge in [-0.2, -0.15) is 4.98 Å². The molecule has 0 saturated carbocycles. The Morgan fingerprint density at radius 2 is 1.73 bits per heavy atom. The number of hydrogen-bond acceptors (Lipinski definition) is 6. The number of benzene rings is 3. The highest BCUT2D eigenvalue weighted by Gasteiger charge is 2.26. The van der Waals surface area contributed by atoms with Gasteiger partial charge in [-0.3, -0.25) is 4.79 Å². The molecule has 7 nitrogen and oxygen atoms in total. The van der Waals surface area contributed by atoms with E-state index in [1.54, 1.807) is 0 Å². The second kappa shape index (κ2) is 12.1. The highest BCUT2D eigenvalue weighted by atomic mass is 16.5. The van der Waals surface area contributed by atoms with Crippen LogP contribution in [0, 0.1) is 6.92 Å². The van der Waals surface area contributed by atoms with E-state index in [4.69, 9.17) is 14.5 Å². The maximum absolute atomic E-state index is 12.9. The molecular formula is C34H37N5O2. The first kappa shape index (κ1) is 26.9. The number of nitrogens with zero attached hydrogens (tertiary/aromatic N) is 5. The Labute approximate surface area is 241 Å². The number of hydrogen-bond donors (Lipinski definition) is 0. The van der Waals surface area contributed by atoms with Crippen molar-refractivity contribution in [3.8, 4) is 11.3 Å².